The van der Waals surface area contributed by atoms with Crippen LogP contribution in [0, 0.1) is 6.92 Å². The van der Waals surface area contributed by atoms with E-state index in [-0.39, 0.29) is 11.6 Å². The van der Waals surface area contributed by atoms with Crippen LogP contribution in [0.15, 0.2) is 18.2 Å². The Hall–Kier alpha value is -1.06. The van der Waals surface area contributed by atoms with Crippen molar-refractivity contribution in [3.8, 4) is 5.75 Å². The van der Waals surface area contributed by atoms with Gasteiger partial charge in [0.2, 0.25) is 0 Å². The molecule has 1 atom stereocenters. The van der Waals surface area contributed by atoms with E-state index in [2.05, 4.69) is 49.2 Å². The van der Waals surface area contributed by atoms with Crippen LogP contribution in [-0.4, -0.2) is 37.7 Å². The Balaban J connectivity index is 2.38. The SMILES string of the molecule is CNC(c1cc(C)ccc1OC)C(C)(C)N1CCCC1. The molecular weight excluding hydrogens is 248 g/mol. The van der Waals surface area contributed by atoms with Gasteiger partial charge in [-0.05, 0) is 59.8 Å². The summed E-state index contributed by atoms with van der Waals surface area (Å²) in [6.07, 6.45) is 2.62. The molecule has 0 aromatic heterocycles. The van der Waals surface area contributed by atoms with Crippen molar-refractivity contribution in [2.24, 2.45) is 0 Å². The first-order valence-electron chi connectivity index (χ1n) is 7.57. The second-order valence-electron chi connectivity index (χ2n) is 6.31. The molecule has 3 nitrogen and oxygen atoms in total. The van der Waals surface area contributed by atoms with E-state index in [1.54, 1.807) is 7.11 Å². The second-order valence-corrected chi connectivity index (χ2v) is 6.31. The molecule has 1 fully saturated rings. The number of hydrogen-bond donors (Lipinski definition) is 1. The van der Waals surface area contributed by atoms with Crippen LogP contribution in [0.5, 0.6) is 5.75 Å². The lowest BCUT2D eigenvalue weighted by atomic mass is 9.86. The third-order valence-electron chi connectivity index (χ3n) is 4.61. The van der Waals surface area contributed by atoms with Crippen molar-refractivity contribution < 1.29 is 4.74 Å². The Labute approximate surface area is 123 Å². The first-order chi connectivity index (χ1) is 9.50. The number of likely N-dealkylation sites (tertiary alicyclic amines) is 1. The smallest absolute Gasteiger partial charge is 0.123 e. The van der Waals surface area contributed by atoms with Gasteiger partial charge in [-0.2, -0.15) is 0 Å². The summed E-state index contributed by atoms with van der Waals surface area (Å²) < 4.78 is 5.58. The van der Waals surface area contributed by atoms with Gasteiger partial charge in [0.1, 0.15) is 5.75 Å². The molecule has 1 unspecified atom stereocenters. The van der Waals surface area contributed by atoms with Crippen LogP contribution in [0.25, 0.3) is 0 Å². The zero-order chi connectivity index (χ0) is 14.8. The summed E-state index contributed by atoms with van der Waals surface area (Å²) in [7, 11) is 3.80. The van der Waals surface area contributed by atoms with Crippen LogP contribution in [0.2, 0.25) is 0 Å². The van der Waals surface area contributed by atoms with Gasteiger partial charge in [-0.3, -0.25) is 4.90 Å². The number of rotatable bonds is 5. The van der Waals surface area contributed by atoms with Gasteiger partial charge in [-0.15, -0.1) is 0 Å². The molecule has 0 bridgehead atoms. The first kappa shape index (κ1) is 15.3. The van der Waals surface area contributed by atoms with E-state index in [0.29, 0.717) is 0 Å². The van der Waals surface area contributed by atoms with Gasteiger partial charge in [-0.1, -0.05) is 17.7 Å². The van der Waals surface area contributed by atoms with Gasteiger partial charge in [0.15, 0.2) is 0 Å². The predicted molar refractivity (Wildman–Crippen MR) is 84.4 cm³/mol. The summed E-state index contributed by atoms with van der Waals surface area (Å²) >= 11 is 0. The maximum absolute atomic E-state index is 5.58. The summed E-state index contributed by atoms with van der Waals surface area (Å²) in [5, 5.41) is 3.52. The molecule has 3 heteroatoms. The lowest BCUT2D eigenvalue weighted by Crippen LogP contribution is -2.50. The van der Waals surface area contributed by atoms with Crippen LogP contribution in [0.4, 0.5) is 0 Å². The van der Waals surface area contributed by atoms with E-state index in [0.717, 1.165) is 5.75 Å². The summed E-state index contributed by atoms with van der Waals surface area (Å²) in [5.74, 6) is 0.974. The van der Waals surface area contributed by atoms with Crippen molar-refractivity contribution in [3.05, 3.63) is 29.3 Å². The minimum Gasteiger partial charge on any atom is -0.496 e. The van der Waals surface area contributed by atoms with Crippen LogP contribution in [0.1, 0.15) is 43.9 Å². The Morgan fingerprint density at radius 1 is 1.25 bits per heavy atom. The number of methoxy groups -OCH3 is 1. The highest BCUT2D eigenvalue weighted by atomic mass is 16.5. The standard InChI is InChI=1S/C17H28N2O/c1-13-8-9-15(20-5)14(12-13)16(18-4)17(2,3)19-10-6-7-11-19/h8-9,12,16,18H,6-7,10-11H2,1-5H3. The first-order valence-corrected chi connectivity index (χ1v) is 7.57. The molecule has 1 saturated heterocycles. The molecule has 20 heavy (non-hydrogen) atoms. The average Bonchev–Trinajstić information content (AvgIpc) is 2.94. The molecule has 1 aliphatic heterocycles. The molecule has 1 aromatic rings. The van der Waals surface area contributed by atoms with Gasteiger partial charge >= 0.3 is 0 Å². The minimum atomic E-state index is 0.0757. The van der Waals surface area contributed by atoms with Gasteiger partial charge in [-0.25, -0.2) is 0 Å². The van der Waals surface area contributed by atoms with Crippen molar-refractivity contribution in [2.75, 3.05) is 27.2 Å². The quantitative estimate of drug-likeness (QED) is 0.894. The summed E-state index contributed by atoms with van der Waals surface area (Å²) in [6.45, 7) is 9.19. The fourth-order valence-corrected chi connectivity index (χ4v) is 3.44. The highest BCUT2D eigenvalue weighted by Crippen LogP contribution is 2.37. The fraction of sp³-hybridized carbons (Fsp3) is 0.647. The normalized spacial score (nSPS) is 18.2. The van der Waals surface area contributed by atoms with Gasteiger partial charge in [0.25, 0.3) is 0 Å². The highest BCUT2D eigenvalue weighted by molar-refractivity contribution is 5.40. The maximum Gasteiger partial charge on any atom is 0.123 e. The fourth-order valence-electron chi connectivity index (χ4n) is 3.44. The van der Waals surface area contributed by atoms with E-state index < -0.39 is 0 Å². The Bertz CT molecular complexity index is 450. The van der Waals surface area contributed by atoms with Crippen molar-refractivity contribution in [1.82, 2.24) is 10.2 Å². The molecule has 0 saturated carbocycles. The zero-order valence-electron chi connectivity index (χ0n) is 13.5. The van der Waals surface area contributed by atoms with Crippen molar-refractivity contribution in [3.63, 3.8) is 0 Å². The maximum atomic E-state index is 5.58. The number of benzene rings is 1. The Morgan fingerprint density at radius 3 is 2.45 bits per heavy atom. The lowest BCUT2D eigenvalue weighted by molar-refractivity contribution is 0.109. The largest absolute Gasteiger partial charge is 0.496 e. The third-order valence-corrected chi connectivity index (χ3v) is 4.61. The van der Waals surface area contributed by atoms with E-state index in [1.807, 2.05) is 7.05 Å². The molecule has 0 radical (unpaired) electrons. The number of nitrogens with one attached hydrogen (secondary N) is 1. The number of nitrogens with zero attached hydrogens (tertiary/aromatic N) is 1. The van der Waals surface area contributed by atoms with Crippen molar-refractivity contribution >= 4 is 0 Å². The molecule has 112 valence electrons. The van der Waals surface area contributed by atoms with Crippen molar-refractivity contribution in [2.45, 2.75) is 45.2 Å². The van der Waals surface area contributed by atoms with Gasteiger partial charge < -0.3 is 10.1 Å². The van der Waals surface area contributed by atoms with Crippen LogP contribution in [0.3, 0.4) is 0 Å². The van der Waals surface area contributed by atoms with E-state index in [4.69, 9.17) is 4.74 Å². The van der Waals surface area contributed by atoms with E-state index in [1.165, 1.54) is 37.1 Å². The minimum absolute atomic E-state index is 0.0757. The van der Waals surface area contributed by atoms with E-state index in [9.17, 15) is 0 Å². The molecule has 0 spiro atoms. The summed E-state index contributed by atoms with van der Waals surface area (Å²) in [5.41, 5.74) is 2.61. The van der Waals surface area contributed by atoms with Crippen molar-refractivity contribution in [1.29, 1.82) is 0 Å². The van der Waals surface area contributed by atoms with Crippen LogP contribution in [-0.2, 0) is 0 Å². The molecule has 0 aliphatic carbocycles. The van der Waals surface area contributed by atoms with Gasteiger partial charge in [0.05, 0.1) is 13.2 Å². The highest BCUT2D eigenvalue weighted by Gasteiger charge is 2.38. The predicted octanol–water partition coefficient (Wildman–Crippen LogP) is 3.14. The lowest BCUT2D eigenvalue weighted by Gasteiger charge is -2.42. The molecular formula is C17H28N2O. The number of likely N-dealkylation sites (N-methyl/N-ethyl adjacent to an activating group) is 1. The zero-order valence-corrected chi connectivity index (χ0v) is 13.5. The van der Waals surface area contributed by atoms with Crippen LogP contribution >= 0.6 is 0 Å². The molecule has 1 aliphatic rings. The summed E-state index contributed by atoms with van der Waals surface area (Å²) in [4.78, 5) is 2.59. The Morgan fingerprint density at radius 2 is 1.90 bits per heavy atom. The topological polar surface area (TPSA) is 24.5 Å². The molecule has 2 rings (SSSR count). The Kier molecular flexibility index (Phi) is 4.71. The number of ether oxygens (including phenoxy) is 1. The molecule has 1 aromatic carbocycles. The molecule has 1 heterocycles. The van der Waals surface area contributed by atoms with E-state index >= 15 is 0 Å². The monoisotopic (exact) mass is 276 g/mol. The summed E-state index contributed by atoms with van der Waals surface area (Å²) in [6, 6.07) is 6.69. The third kappa shape index (κ3) is 2.84. The van der Waals surface area contributed by atoms with Gasteiger partial charge in [0, 0.05) is 11.1 Å². The number of hydrogen-bond acceptors (Lipinski definition) is 3. The number of aryl methyl sites for hydroxylation is 1. The van der Waals surface area contributed by atoms with Crippen LogP contribution < -0.4 is 10.1 Å². The average molecular weight is 276 g/mol. The molecule has 1 N–H and O–H groups in total. The molecule has 0 amide bonds. The second kappa shape index (κ2) is 6.15.